The number of rotatable bonds is 7. The zero-order valence-electron chi connectivity index (χ0n) is 18.6. The number of amides is 1. The molecule has 0 saturated carbocycles. The third-order valence-electron chi connectivity index (χ3n) is 6.60. The van der Waals surface area contributed by atoms with Crippen molar-refractivity contribution < 1.29 is 4.79 Å². The van der Waals surface area contributed by atoms with Crippen molar-refractivity contribution in [3.8, 4) is 0 Å². The van der Waals surface area contributed by atoms with E-state index in [9.17, 15) is 4.79 Å². The van der Waals surface area contributed by atoms with Crippen LogP contribution in [0.25, 0.3) is 11.0 Å². The lowest BCUT2D eigenvalue weighted by Crippen LogP contribution is -2.37. The van der Waals surface area contributed by atoms with Crippen LogP contribution < -0.4 is 5.32 Å². The largest absolute Gasteiger partial charge is 0.355 e. The van der Waals surface area contributed by atoms with Crippen LogP contribution in [0.3, 0.4) is 0 Å². The molecule has 2 aromatic heterocycles. The second-order valence-corrected chi connectivity index (χ2v) is 9.16. The van der Waals surface area contributed by atoms with Crippen LogP contribution in [0.5, 0.6) is 0 Å². The van der Waals surface area contributed by atoms with E-state index in [-0.39, 0.29) is 5.91 Å². The maximum atomic E-state index is 12.5. The number of aromatic nitrogens is 3. The highest BCUT2D eigenvalue weighted by atomic mass is 16.1. The number of imidazole rings is 1. The number of nitrogens with zero attached hydrogens (tertiary/aromatic N) is 2. The van der Waals surface area contributed by atoms with Crippen LogP contribution in [0.4, 0.5) is 0 Å². The molecule has 4 rings (SSSR count). The van der Waals surface area contributed by atoms with Crippen molar-refractivity contribution >= 4 is 16.9 Å². The van der Waals surface area contributed by atoms with Gasteiger partial charge in [-0.25, -0.2) is 4.98 Å². The van der Waals surface area contributed by atoms with E-state index in [1.165, 1.54) is 5.57 Å². The number of fused-ring (bicyclic) bond motifs is 1. The minimum atomic E-state index is 0.0952. The molecule has 0 spiro atoms. The maximum absolute atomic E-state index is 12.5. The normalized spacial score (nSPS) is 21.3. The molecular formula is C26H32N4O. The van der Waals surface area contributed by atoms with Crippen LogP contribution in [-0.2, 0) is 17.6 Å². The number of hydrogen-bond donors (Lipinski definition) is 2. The predicted molar refractivity (Wildman–Crippen MR) is 124 cm³/mol. The van der Waals surface area contributed by atoms with E-state index in [0.717, 1.165) is 35.3 Å². The van der Waals surface area contributed by atoms with Gasteiger partial charge in [-0.15, -0.1) is 0 Å². The minimum absolute atomic E-state index is 0.0952. The summed E-state index contributed by atoms with van der Waals surface area (Å²) in [5, 5.41) is 3.18. The molecule has 1 aliphatic carbocycles. The summed E-state index contributed by atoms with van der Waals surface area (Å²) in [5.74, 6) is 3.06. The fourth-order valence-electron chi connectivity index (χ4n) is 4.82. The standard InChI is InChI=1S/C26H32N4O/c1-17(2)22-13-20(14-25-29-23-9-10-27-16-24(23)30-25)18(3)11-21(22)15-28-26(31)12-19-7-5-4-6-8-19/h4-11,16-17,20-22H,12-15H2,1-3H3,(H,28,31)(H,29,30)/t20-,21-,22-/m0/s1. The van der Waals surface area contributed by atoms with Crippen molar-refractivity contribution in [2.75, 3.05) is 6.54 Å². The Bertz CT molecular complexity index is 1020. The van der Waals surface area contributed by atoms with Crippen molar-refractivity contribution in [1.29, 1.82) is 0 Å². The summed E-state index contributed by atoms with van der Waals surface area (Å²) in [6.07, 6.45) is 8.48. The van der Waals surface area contributed by atoms with Crippen LogP contribution in [0.2, 0.25) is 0 Å². The third kappa shape index (κ3) is 5.22. The van der Waals surface area contributed by atoms with Crippen molar-refractivity contribution in [1.82, 2.24) is 20.3 Å². The van der Waals surface area contributed by atoms with E-state index < -0.39 is 0 Å². The van der Waals surface area contributed by atoms with Crippen LogP contribution in [0.15, 0.2) is 60.4 Å². The van der Waals surface area contributed by atoms with Gasteiger partial charge in [0.2, 0.25) is 5.91 Å². The highest BCUT2D eigenvalue weighted by Crippen LogP contribution is 2.38. The van der Waals surface area contributed by atoms with E-state index in [4.69, 9.17) is 4.98 Å². The second-order valence-electron chi connectivity index (χ2n) is 9.16. The number of carbonyl (C=O) groups is 1. The van der Waals surface area contributed by atoms with Crippen LogP contribution in [0, 0.1) is 23.7 Å². The smallest absolute Gasteiger partial charge is 0.224 e. The molecule has 0 aliphatic heterocycles. The molecule has 1 amide bonds. The first-order chi connectivity index (χ1) is 15.0. The highest BCUT2D eigenvalue weighted by Gasteiger charge is 2.32. The molecule has 0 saturated heterocycles. The lowest BCUT2D eigenvalue weighted by Gasteiger charge is -2.37. The summed E-state index contributed by atoms with van der Waals surface area (Å²) in [5.41, 5.74) is 4.42. The van der Waals surface area contributed by atoms with Gasteiger partial charge in [0.1, 0.15) is 5.82 Å². The van der Waals surface area contributed by atoms with Gasteiger partial charge in [0.25, 0.3) is 0 Å². The molecule has 0 bridgehead atoms. The Labute approximate surface area is 184 Å². The van der Waals surface area contributed by atoms with Gasteiger partial charge < -0.3 is 10.3 Å². The van der Waals surface area contributed by atoms with Gasteiger partial charge in [0.05, 0.1) is 23.7 Å². The molecule has 2 heterocycles. The number of nitrogens with one attached hydrogen (secondary N) is 2. The fraction of sp³-hybridized carbons (Fsp3) is 0.423. The molecule has 0 fully saturated rings. The molecular weight excluding hydrogens is 384 g/mol. The Morgan fingerprint density at radius 3 is 2.77 bits per heavy atom. The number of aromatic amines is 1. The van der Waals surface area contributed by atoms with Crippen molar-refractivity contribution in [3.05, 3.63) is 71.8 Å². The van der Waals surface area contributed by atoms with Gasteiger partial charge in [0, 0.05) is 19.2 Å². The van der Waals surface area contributed by atoms with Gasteiger partial charge >= 0.3 is 0 Å². The monoisotopic (exact) mass is 416 g/mol. The number of pyridine rings is 1. The fourth-order valence-corrected chi connectivity index (χ4v) is 4.82. The Morgan fingerprint density at radius 1 is 1.23 bits per heavy atom. The first-order valence-electron chi connectivity index (χ1n) is 11.3. The average Bonchev–Trinajstić information content (AvgIpc) is 3.16. The topological polar surface area (TPSA) is 70.7 Å². The molecule has 1 aromatic carbocycles. The SMILES string of the molecule is CC1=C[C@@H](CNC(=O)Cc2ccccc2)[C@H](C(C)C)C[C@H]1Cc1nc2ccncc2[nH]1. The van der Waals surface area contributed by atoms with Gasteiger partial charge in [-0.2, -0.15) is 0 Å². The first-order valence-corrected chi connectivity index (χ1v) is 11.3. The Balaban J connectivity index is 1.41. The van der Waals surface area contributed by atoms with Gasteiger partial charge in [0.15, 0.2) is 0 Å². The van der Waals surface area contributed by atoms with Crippen LogP contribution in [0.1, 0.15) is 38.6 Å². The Kier molecular flexibility index (Phi) is 6.50. The van der Waals surface area contributed by atoms with Crippen LogP contribution in [-0.4, -0.2) is 27.4 Å². The summed E-state index contributed by atoms with van der Waals surface area (Å²) in [6, 6.07) is 11.9. The van der Waals surface area contributed by atoms with Gasteiger partial charge in [-0.05, 0) is 48.6 Å². The molecule has 0 radical (unpaired) electrons. The highest BCUT2D eigenvalue weighted by molar-refractivity contribution is 5.78. The molecule has 162 valence electrons. The van der Waals surface area contributed by atoms with E-state index in [0.29, 0.717) is 36.6 Å². The van der Waals surface area contributed by atoms with Gasteiger partial charge in [-0.3, -0.25) is 9.78 Å². The number of carbonyl (C=O) groups excluding carboxylic acids is 1. The summed E-state index contributed by atoms with van der Waals surface area (Å²) < 4.78 is 0. The molecule has 0 unspecified atom stereocenters. The van der Waals surface area contributed by atoms with E-state index >= 15 is 0 Å². The molecule has 5 heteroatoms. The average molecular weight is 417 g/mol. The Hall–Kier alpha value is -2.95. The molecule has 5 nitrogen and oxygen atoms in total. The van der Waals surface area contributed by atoms with Crippen LogP contribution >= 0.6 is 0 Å². The molecule has 2 N–H and O–H groups in total. The summed E-state index contributed by atoms with van der Waals surface area (Å²) in [6.45, 7) is 7.52. The predicted octanol–water partition coefficient (Wildman–Crippen LogP) is 4.71. The van der Waals surface area contributed by atoms with Gasteiger partial charge in [-0.1, -0.05) is 55.8 Å². The van der Waals surface area contributed by atoms with E-state index in [2.05, 4.69) is 42.1 Å². The summed E-state index contributed by atoms with van der Waals surface area (Å²) in [4.78, 5) is 24.8. The molecule has 3 atom stereocenters. The number of hydrogen-bond acceptors (Lipinski definition) is 3. The first kappa shape index (κ1) is 21.3. The maximum Gasteiger partial charge on any atom is 0.224 e. The Morgan fingerprint density at radius 2 is 2.03 bits per heavy atom. The molecule has 3 aromatic rings. The van der Waals surface area contributed by atoms with E-state index in [1.54, 1.807) is 6.20 Å². The lowest BCUT2D eigenvalue weighted by atomic mass is 9.69. The number of allylic oxidation sites excluding steroid dienone is 1. The molecule has 1 aliphatic rings. The van der Waals surface area contributed by atoms with Crippen molar-refractivity contribution in [2.24, 2.45) is 23.7 Å². The summed E-state index contributed by atoms with van der Waals surface area (Å²) >= 11 is 0. The van der Waals surface area contributed by atoms with Crippen molar-refractivity contribution in [2.45, 2.75) is 40.0 Å². The number of H-pyrrole nitrogens is 1. The minimum Gasteiger partial charge on any atom is -0.355 e. The zero-order chi connectivity index (χ0) is 21.8. The lowest BCUT2D eigenvalue weighted by molar-refractivity contribution is -0.120. The van der Waals surface area contributed by atoms with E-state index in [1.807, 2.05) is 42.6 Å². The quantitative estimate of drug-likeness (QED) is 0.548. The van der Waals surface area contributed by atoms with Crippen molar-refractivity contribution in [3.63, 3.8) is 0 Å². The zero-order valence-corrected chi connectivity index (χ0v) is 18.6. The number of benzene rings is 1. The third-order valence-corrected chi connectivity index (χ3v) is 6.60. The summed E-state index contributed by atoms with van der Waals surface area (Å²) in [7, 11) is 0. The molecule has 31 heavy (non-hydrogen) atoms. The second kappa shape index (κ2) is 9.46.